The first kappa shape index (κ1) is 15.3. The highest BCUT2D eigenvalue weighted by Gasteiger charge is 2.09. The fourth-order valence-corrected chi connectivity index (χ4v) is 1.82. The van der Waals surface area contributed by atoms with Crippen LogP contribution < -0.4 is 14.2 Å². The molecule has 1 aromatic carbocycles. The van der Waals surface area contributed by atoms with Gasteiger partial charge in [-0.1, -0.05) is 23.2 Å². The van der Waals surface area contributed by atoms with Crippen LogP contribution in [0.3, 0.4) is 0 Å². The maximum atomic E-state index is 11.6. The highest BCUT2D eigenvalue weighted by atomic mass is 35.5. The van der Waals surface area contributed by atoms with Crippen LogP contribution in [0.1, 0.15) is 0 Å². The first-order valence-corrected chi connectivity index (χ1v) is 6.48. The number of methoxy groups -OCH3 is 1. The number of carbonyl (C=O) groups excluding carboxylic acids is 1. The number of benzene rings is 1. The molecule has 0 saturated heterocycles. The molecule has 0 radical (unpaired) electrons. The Kier molecular flexibility index (Phi) is 5.19. The second kappa shape index (κ2) is 7.10. The summed E-state index contributed by atoms with van der Waals surface area (Å²) in [7, 11) is 1.44. The monoisotopic (exact) mass is 328 g/mol. The number of esters is 1. The highest BCUT2D eigenvalue weighted by molar-refractivity contribution is 6.35. The zero-order valence-corrected chi connectivity index (χ0v) is 12.4. The van der Waals surface area contributed by atoms with Gasteiger partial charge in [-0.15, -0.1) is 0 Å². The topological polar surface area (TPSA) is 70.5 Å². The molecule has 8 heteroatoms. The van der Waals surface area contributed by atoms with E-state index in [0.717, 1.165) is 0 Å². The van der Waals surface area contributed by atoms with E-state index in [1.54, 1.807) is 12.1 Å². The summed E-state index contributed by atoms with van der Waals surface area (Å²) >= 11 is 11.7. The molecule has 110 valence electrons. The van der Waals surface area contributed by atoms with Crippen molar-refractivity contribution in [2.75, 3.05) is 13.7 Å². The van der Waals surface area contributed by atoms with Crippen molar-refractivity contribution in [2.45, 2.75) is 0 Å². The number of hydrogen-bond donors (Lipinski definition) is 0. The summed E-state index contributed by atoms with van der Waals surface area (Å²) in [5, 5.41) is 0.786. The molecule has 0 spiro atoms. The third-order valence-electron chi connectivity index (χ3n) is 2.26. The van der Waals surface area contributed by atoms with Crippen molar-refractivity contribution in [1.82, 2.24) is 9.97 Å². The van der Waals surface area contributed by atoms with Crippen LogP contribution in [-0.4, -0.2) is 29.7 Å². The number of nitrogens with zero attached hydrogens (tertiary/aromatic N) is 2. The maximum Gasteiger partial charge on any atom is 0.349 e. The molecule has 2 aromatic rings. The molecule has 1 aromatic heterocycles. The van der Waals surface area contributed by atoms with Gasteiger partial charge >= 0.3 is 12.0 Å². The van der Waals surface area contributed by atoms with Gasteiger partial charge in [0.05, 0.1) is 24.5 Å². The van der Waals surface area contributed by atoms with Gasteiger partial charge in [0.15, 0.2) is 12.4 Å². The van der Waals surface area contributed by atoms with Gasteiger partial charge in [0.25, 0.3) is 0 Å². The minimum Gasteiger partial charge on any atom is -0.480 e. The van der Waals surface area contributed by atoms with E-state index in [9.17, 15) is 4.79 Å². The van der Waals surface area contributed by atoms with Crippen LogP contribution in [0.4, 0.5) is 0 Å². The van der Waals surface area contributed by atoms with Crippen molar-refractivity contribution in [1.29, 1.82) is 0 Å². The molecule has 0 unspecified atom stereocenters. The molecular formula is C13H10Cl2N2O4. The normalized spacial score (nSPS) is 10.0. The lowest BCUT2D eigenvalue weighted by Crippen LogP contribution is -2.18. The predicted molar refractivity (Wildman–Crippen MR) is 76.2 cm³/mol. The van der Waals surface area contributed by atoms with Gasteiger partial charge in [0, 0.05) is 5.02 Å². The van der Waals surface area contributed by atoms with Crippen molar-refractivity contribution in [3.63, 3.8) is 0 Å². The van der Waals surface area contributed by atoms with Crippen molar-refractivity contribution in [3.8, 4) is 17.5 Å². The van der Waals surface area contributed by atoms with Crippen LogP contribution in [0.2, 0.25) is 10.0 Å². The van der Waals surface area contributed by atoms with Crippen LogP contribution in [0, 0.1) is 0 Å². The van der Waals surface area contributed by atoms with E-state index in [-0.39, 0.29) is 18.4 Å². The first-order valence-electron chi connectivity index (χ1n) is 5.73. The Labute approximate surface area is 130 Å². The third kappa shape index (κ3) is 4.47. The van der Waals surface area contributed by atoms with Gasteiger partial charge in [0.1, 0.15) is 5.75 Å². The maximum absolute atomic E-state index is 11.6. The van der Waals surface area contributed by atoms with Gasteiger partial charge in [0.2, 0.25) is 0 Å². The van der Waals surface area contributed by atoms with Gasteiger partial charge in [-0.3, -0.25) is 0 Å². The molecular weight excluding hydrogens is 319 g/mol. The molecule has 0 aliphatic rings. The van der Waals surface area contributed by atoms with Crippen molar-refractivity contribution in [2.24, 2.45) is 0 Å². The molecule has 0 bridgehead atoms. The number of ether oxygens (including phenoxy) is 3. The second-order valence-electron chi connectivity index (χ2n) is 3.74. The second-order valence-corrected chi connectivity index (χ2v) is 4.59. The third-order valence-corrected chi connectivity index (χ3v) is 2.79. The summed E-state index contributed by atoms with van der Waals surface area (Å²) < 4.78 is 15.0. The number of hydrogen-bond acceptors (Lipinski definition) is 6. The SMILES string of the molecule is COc1ncc(OC(=O)COc2ccc(Cl)cc2Cl)cn1. The summed E-state index contributed by atoms with van der Waals surface area (Å²) in [6.07, 6.45) is 2.64. The van der Waals surface area contributed by atoms with Crippen molar-refractivity contribution >= 4 is 29.2 Å². The van der Waals surface area contributed by atoms with E-state index < -0.39 is 5.97 Å². The molecule has 2 rings (SSSR count). The molecule has 6 nitrogen and oxygen atoms in total. The Balaban J connectivity index is 1.89. The van der Waals surface area contributed by atoms with E-state index in [2.05, 4.69) is 9.97 Å². The minimum absolute atomic E-state index is 0.180. The van der Waals surface area contributed by atoms with E-state index >= 15 is 0 Å². The summed E-state index contributed by atoms with van der Waals surface area (Å²) in [4.78, 5) is 19.2. The lowest BCUT2D eigenvalue weighted by Gasteiger charge is -2.08. The Morgan fingerprint density at radius 3 is 2.57 bits per heavy atom. The van der Waals surface area contributed by atoms with Crippen LogP contribution >= 0.6 is 23.2 Å². The number of aromatic nitrogens is 2. The molecule has 0 atom stereocenters. The predicted octanol–water partition coefficient (Wildman–Crippen LogP) is 2.78. The van der Waals surface area contributed by atoms with Gasteiger partial charge in [-0.25, -0.2) is 4.79 Å². The van der Waals surface area contributed by atoms with E-state index in [1.165, 1.54) is 25.6 Å². The zero-order valence-electron chi connectivity index (χ0n) is 10.9. The fraction of sp³-hybridized carbons (Fsp3) is 0.154. The van der Waals surface area contributed by atoms with Gasteiger partial charge < -0.3 is 14.2 Å². The summed E-state index contributed by atoms with van der Waals surface area (Å²) in [6.45, 7) is -0.312. The molecule has 21 heavy (non-hydrogen) atoms. The molecule has 0 fully saturated rings. The quantitative estimate of drug-likeness (QED) is 0.786. The summed E-state index contributed by atoms with van der Waals surface area (Å²) in [5.41, 5.74) is 0. The Morgan fingerprint density at radius 1 is 1.24 bits per heavy atom. The number of carbonyl (C=O) groups is 1. The molecule has 0 aliphatic carbocycles. The van der Waals surface area contributed by atoms with Crippen LogP contribution in [0.5, 0.6) is 17.5 Å². The lowest BCUT2D eigenvalue weighted by molar-refractivity contribution is -0.136. The van der Waals surface area contributed by atoms with Crippen molar-refractivity contribution < 1.29 is 19.0 Å². The smallest absolute Gasteiger partial charge is 0.349 e. The van der Waals surface area contributed by atoms with Gasteiger partial charge in [-0.05, 0) is 18.2 Å². The molecule has 0 amide bonds. The molecule has 0 aliphatic heterocycles. The van der Waals surface area contributed by atoms with E-state index in [0.29, 0.717) is 15.8 Å². The van der Waals surface area contributed by atoms with Crippen LogP contribution in [-0.2, 0) is 4.79 Å². The zero-order chi connectivity index (χ0) is 15.2. The average molecular weight is 329 g/mol. The average Bonchev–Trinajstić information content (AvgIpc) is 2.47. The highest BCUT2D eigenvalue weighted by Crippen LogP contribution is 2.27. The van der Waals surface area contributed by atoms with Crippen LogP contribution in [0.15, 0.2) is 30.6 Å². The summed E-state index contributed by atoms with van der Waals surface area (Å²) in [6, 6.07) is 4.86. The van der Waals surface area contributed by atoms with Gasteiger partial charge in [-0.2, -0.15) is 9.97 Å². The molecule has 0 N–H and O–H groups in total. The number of halogens is 2. The Bertz CT molecular complexity index is 635. The van der Waals surface area contributed by atoms with Crippen LogP contribution in [0.25, 0.3) is 0 Å². The standard InChI is InChI=1S/C13H10Cl2N2O4/c1-19-13-16-5-9(6-17-13)21-12(18)7-20-11-3-2-8(14)4-10(11)15/h2-6H,7H2,1H3. The Hall–Kier alpha value is -2.05. The fourth-order valence-electron chi connectivity index (χ4n) is 1.35. The largest absolute Gasteiger partial charge is 0.480 e. The molecule has 1 heterocycles. The Morgan fingerprint density at radius 2 is 1.95 bits per heavy atom. The number of rotatable bonds is 5. The van der Waals surface area contributed by atoms with E-state index in [1.807, 2.05) is 0 Å². The van der Waals surface area contributed by atoms with Crippen molar-refractivity contribution in [3.05, 3.63) is 40.6 Å². The van der Waals surface area contributed by atoms with E-state index in [4.69, 9.17) is 37.4 Å². The minimum atomic E-state index is -0.616. The molecule has 0 saturated carbocycles. The first-order chi connectivity index (χ1) is 10.1. The lowest BCUT2D eigenvalue weighted by atomic mass is 10.3. The summed E-state index contributed by atoms with van der Waals surface area (Å²) in [5.74, 6) is -0.0922.